The van der Waals surface area contributed by atoms with Crippen molar-refractivity contribution in [2.45, 2.75) is 39.7 Å². The number of cyclic esters (lactones) is 1. The van der Waals surface area contributed by atoms with Crippen LogP contribution in [0.2, 0.25) is 0 Å². The van der Waals surface area contributed by atoms with E-state index in [0.29, 0.717) is 46.9 Å². The summed E-state index contributed by atoms with van der Waals surface area (Å²) in [6, 6.07) is 7.25. The molecule has 0 aliphatic carbocycles. The van der Waals surface area contributed by atoms with Gasteiger partial charge in [0.1, 0.15) is 35.2 Å². The van der Waals surface area contributed by atoms with E-state index < -0.39 is 5.97 Å². The average Bonchev–Trinajstić information content (AvgIpc) is 3.16. The fourth-order valence-corrected chi connectivity index (χ4v) is 3.73. The third kappa shape index (κ3) is 4.99. The molecule has 3 rings (SSSR count). The predicted molar refractivity (Wildman–Crippen MR) is 121 cm³/mol. The van der Waals surface area contributed by atoms with E-state index in [1.54, 1.807) is 14.2 Å². The lowest BCUT2D eigenvalue weighted by Gasteiger charge is -2.15. The van der Waals surface area contributed by atoms with Gasteiger partial charge < -0.3 is 24.1 Å². The third-order valence-corrected chi connectivity index (χ3v) is 5.60. The molecule has 1 N–H and O–H groups in total. The Balaban J connectivity index is 1.65. The molecule has 7 heteroatoms. The zero-order valence-corrected chi connectivity index (χ0v) is 18.9. The number of methoxy groups -OCH3 is 2. The highest BCUT2D eigenvalue weighted by Crippen LogP contribution is 2.42. The summed E-state index contributed by atoms with van der Waals surface area (Å²) in [7, 11) is 3.17. The Hall–Kier alpha value is -3.06. The molecule has 0 bridgehead atoms. The number of rotatable bonds is 8. The first-order valence-corrected chi connectivity index (χ1v) is 10.3. The number of carbonyl (C=O) groups is 1. The van der Waals surface area contributed by atoms with Crippen LogP contribution in [0.3, 0.4) is 0 Å². The highest BCUT2D eigenvalue weighted by molar-refractivity contribution is 7.80. The van der Waals surface area contributed by atoms with Crippen molar-refractivity contribution >= 4 is 23.2 Å². The van der Waals surface area contributed by atoms with Crippen LogP contribution in [0.4, 0.5) is 0 Å². The van der Waals surface area contributed by atoms with Crippen molar-refractivity contribution in [3.05, 3.63) is 58.2 Å². The van der Waals surface area contributed by atoms with Crippen LogP contribution in [0.5, 0.6) is 23.0 Å². The molecule has 0 spiro atoms. The van der Waals surface area contributed by atoms with E-state index in [0.717, 1.165) is 16.9 Å². The summed E-state index contributed by atoms with van der Waals surface area (Å²) in [6.07, 6.45) is 3.72. The van der Waals surface area contributed by atoms with Crippen molar-refractivity contribution in [1.29, 1.82) is 0 Å². The van der Waals surface area contributed by atoms with Crippen molar-refractivity contribution in [2.75, 3.05) is 14.2 Å². The van der Waals surface area contributed by atoms with Gasteiger partial charge in [-0.1, -0.05) is 11.6 Å². The molecule has 1 aliphatic heterocycles. The highest BCUT2D eigenvalue weighted by atomic mass is 32.1. The molecular formula is C24H26O6S. The van der Waals surface area contributed by atoms with Crippen LogP contribution in [-0.4, -0.2) is 30.3 Å². The van der Waals surface area contributed by atoms with E-state index in [1.165, 1.54) is 0 Å². The smallest absolute Gasteiger partial charge is 0.342 e. The molecule has 0 saturated carbocycles. The standard InChI is InChI=1S/C24H26O6S/c1-14(6-12-20(31)30-17-9-7-16(27-3)8-10-17)5-11-18-22(25)21-19(13-29-24(21)26)15(2)23(18)28-4/h5,7-10,25H,6,11-13H2,1-4H3/b14-5+. The van der Waals surface area contributed by atoms with E-state index in [9.17, 15) is 9.90 Å². The minimum absolute atomic E-state index is 0.0673. The summed E-state index contributed by atoms with van der Waals surface area (Å²) in [4.78, 5) is 12.0. The fraction of sp³-hybridized carbons (Fsp3) is 0.333. The topological polar surface area (TPSA) is 74.2 Å². The van der Waals surface area contributed by atoms with Gasteiger partial charge in [0.2, 0.25) is 0 Å². The maximum Gasteiger partial charge on any atom is 0.342 e. The minimum atomic E-state index is -0.499. The number of esters is 1. The van der Waals surface area contributed by atoms with E-state index in [1.807, 2.05) is 44.2 Å². The van der Waals surface area contributed by atoms with E-state index in [2.05, 4.69) is 0 Å². The molecule has 2 aromatic rings. The Kier molecular flexibility index (Phi) is 7.17. The Morgan fingerprint density at radius 1 is 1.16 bits per heavy atom. The van der Waals surface area contributed by atoms with Crippen molar-refractivity contribution in [3.63, 3.8) is 0 Å². The molecule has 0 amide bonds. The normalized spacial score (nSPS) is 12.9. The van der Waals surface area contributed by atoms with Gasteiger partial charge in [-0.3, -0.25) is 0 Å². The van der Waals surface area contributed by atoms with Crippen LogP contribution < -0.4 is 14.2 Å². The molecule has 0 atom stereocenters. The van der Waals surface area contributed by atoms with Gasteiger partial charge in [-0.2, -0.15) is 0 Å². The lowest BCUT2D eigenvalue weighted by molar-refractivity contribution is 0.0533. The summed E-state index contributed by atoms with van der Waals surface area (Å²) in [6.45, 7) is 4.02. The summed E-state index contributed by atoms with van der Waals surface area (Å²) in [5, 5.41) is 11.2. The van der Waals surface area contributed by atoms with E-state index in [4.69, 9.17) is 31.2 Å². The zero-order chi connectivity index (χ0) is 22.5. The number of benzene rings is 2. The van der Waals surface area contributed by atoms with Gasteiger partial charge in [-0.15, -0.1) is 0 Å². The van der Waals surface area contributed by atoms with Crippen LogP contribution in [0.1, 0.15) is 46.8 Å². The third-order valence-electron chi connectivity index (χ3n) is 5.32. The first-order valence-electron chi connectivity index (χ1n) is 9.94. The quantitative estimate of drug-likeness (QED) is 0.348. The van der Waals surface area contributed by atoms with E-state index in [-0.39, 0.29) is 17.9 Å². The first-order chi connectivity index (χ1) is 14.8. The van der Waals surface area contributed by atoms with Crippen molar-refractivity contribution in [2.24, 2.45) is 0 Å². The Morgan fingerprint density at radius 2 is 1.84 bits per heavy atom. The molecule has 0 saturated heterocycles. The minimum Gasteiger partial charge on any atom is -0.507 e. The Morgan fingerprint density at radius 3 is 2.48 bits per heavy atom. The van der Waals surface area contributed by atoms with Gasteiger partial charge in [-0.05, 0) is 68.7 Å². The predicted octanol–water partition coefficient (Wildman–Crippen LogP) is 5.06. The van der Waals surface area contributed by atoms with Gasteiger partial charge in [0.15, 0.2) is 5.05 Å². The first kappa shape index (κ1) is 22.6. The van der Waals surface area contributed by atoms with E-state index >= 15 is 0 Å². The van der Waals surface area contributed by atoms with Gasteiger partial charge >= 0.3 is 5.97 Å². The van der Waals surface area contributed by atoms with Gasteiger partial charge in [0.25, 0.3) is 0 Å². The number of phenolic OH excluding ortho intramolecular Hbond substituents is 1. The fourth-order valence-electron chi connectivity index (χ4n) is 3.53. The summed E-state index contributed by atoms with van der Waals surface area (Å²) >= 11 is 5.35. The summed E-state index contributed by atoms with van der Waals surface area (Å²) in [5.41, 5.74) is 3.41. The SMILES string of the molecule is COc1ccc(OC(=S)CC/C(C)=C/Cc2c(O)c3c(c(C)c2OC)COC3=O)cc1. The second-order valence-electron chi connectivity index (χ2n) is 7.32. The molecule has 0 unspecified atom stereocenters. The largest absolute Gasteiger partial charge is 0.507 e. The molecule has 1 aliphatic rings. The molecule has 0 radical (unpaired) electrons. The lowest BCUT2D eigenvalue weighted by Crippen LogP contribution is -2.05. The molecule has 1 heterocycles. The lowest BCUT2D eigenvalue weighted by atomic mass is 9.94. The second-order valence-corrected chi connectivity index (χ2v) is 7.77. The number of hydrogen-bond acceptors (Lipinski definition) is 7. The van der Waals surface area contributed by atoms with Crippen molar-refractivity contribution in [3.8, 4) is 23.0 Å². The van der Waals surface area contributed by atoms with Gasteiger partial charge in [-0.25, -0.2) is 4.79 Å². The van der Waals surface area contributed by atoms with Gasteiger partial charge in [0, 0.05) is 17.5 Å². The molecule has 0 fully saturated rings. The monoisotopic (exact) mass is 442 g/mol. The van der Waals surface area contributed by atoms with Crippen LogP contribution in [0, 0.1) is 6.92 Å². The maximum atomic E-state index is 12.0. The highest BCUT2D eigenvalue weighted by Gasteiger charge is 2.31. The number of phenols is 1. The average molecular weight is 443 g/mol. The molecule has 2 aromatic carbocycles. The molecule has 31 heavy (non-hydrogen) atoms. The number of ether oxygens (including phenoxy) is 4. The van der Waals surface area contributed by atoms with Crippen LogP contribution >= 0.6 is 12.2 Å². The second kappa shape index (κ2) is 9.83. The Bertz CT molecular complexity index is 1020. The number of hydrogen-bond donors (Lipinski definition) is 1. The zero-order valence-electron chi connectivity index (χ0n) is 18.1. The van der Waals surface area contributed by atoms with Crippen LogP contribution in [0.15, 0.2) is 35.9 Å². The number of allylic oxidation sites excluding steroid dienone is 2. The van der Waals surface area contributed by atoms with Gasteiger partial charge in [0.05, 0.1) is 14.2 Å². The summed E-state index contributed by atoms with van der Waals surface area (Å²) in [5.74, 6) is 1.44. The molecular weight excluding hydrogens is 416 g/mol. The number of aromatic hydroxyl groups is 1. The summed E-state index contributed by atoms with van der Waals surface area (Å²) < 4.78 is 21.4. The van der Waals surface area contributed by atoms with Crippen LogP contribution in [-0.2, 0) is 17.8 Å². The molecule has 164 valence electrons. The van der Waals surface area contributed by atoms with Crippen LogP contribution in [0.25, 0.3) is 0 Å². The molecule has 6 nitrogen and oxygen atoms in total. The number of carbonyl (C=O) groups excluding carboxylic acids is 1. The Labute approximate surface area is 187 Å². The van der Waals surface area contributed by atoms with Crippen molar-refractivity contribution < 1.29 is 28.8 Å². The van der Waals surface area contributed by atoms with Crippen molar-refractivity contribution in [1.82, 2.24) is 0 Å². The molecule has 0 aromatic heterocycles. The number of fused-ring (bicyclic) bond motifs is 1. The maximum absolute atomic E-state index is 12.0. The number of thiocarbonyl (C=S) groups is 1.